The summed E-state index contributed by atoms with van der Waals surface area (Å²) in [5.41, 5.74) is 1.61. The molecule has 1 atom stereocenters. The Labute approximate surface area is 185 Å². The van der Waals surface area contributed by atoms with Crippen molar-refractivity contribution in [2.75, 3.05) is 16.8 Å². The highest BCUT2D eigenvalue weighted by molar-refractivity contribution is 6.00. The molecule has 168 valence electrons. The van der Waals surface area contributed by atoms with Crippen molar-refractivity contribution in [2.45, 2.75) is 38.6 Å². The first kappa shape index (κ1) is 21.9. The van der Waals surface area contributed by atoms with Crippen LogP contribution in [0.3, 0.4) is 0 Å². The van der Waals surface area contributed by atoms with E-state index < -0.39 is 17.6 Å². The van der Waals surface area contributed by atoms with Crippen LogP contribution in [-0.4, -0.2) is 24.3 Å². The summed E-state index contributed by atoms with van der Waals surface area (Å²) >= 11 is 0. The number of rotatable bonds is 6. The summed E-state index contributed by atoms with van der Waals surface area (Å²) in [5, 5.41) is 5.75. The first-order valence-electron chi connectivity index (χ1n) is 10.8. The number of hydrogen-bond donors (Lipinski definition) is 2. The van der Waals surface area contributed by atoms with Gasteiger partial charge in [0.1, 0.15) is 11.6 Å². The van der Waals surface area contributed by atoms with Gasteiger partial charge in [-0.1, -0.05) is 25.0 Å². The van der Waals surface area contributed by atoms with Crippen LogP contribution < -0.4 is 15.5 Å². The van der Waals surface area contributed by atoms with Gasteiger partial charge in [0.25, 0.3) is 0 Å². The number of benzene rings is 2. The molecule has 3 amide bonds. The average molecular weight is 441 g/mol. The zero-order valence-electron chi connectivity index (χ0n) is 17.6. The van der Waals surface area contributed by atoms with Gasteiger partial charge < -0.3 is 15.5 Å². The zero-order valence-corrected chi connectivity index (χ0v) is 17.6. The summed E-state index contributed by atoms with van der Waals surface area (Å²) in [6.07, 6.45) is 3.97. The van der Waals surface area contributed by atoms with Crippen molar-refractivity contribution in [3.8, 4) is 0 Å². The van der Waals surface area contributed by atoms with E-state index in [4.69, 9.17) is 0 Å². The normalized spacial score (nSPS) is 18.8. The van der Waals surface area contributed by atoms with Crippen LogP contribution in [0.15, 0.2) is 42.5 Å². The van der Waals surface area contributed by atoms with E-state index in [9.17, 15) is 23.2 Å². The summed E-state index contributed by atoms with van der Waals surface area (Å²) in [5.74, 6) is -2.74. The Bertz CT molecular complexity index is 1020. The van der Waals surface area contributed by atoms with Crippen LogP contribution in [0.4, 0.5) is 20.2 Å². The van der Waals surface area contributed by atoms with Gasteiger partial charge in [-0.3, -0.25) is 14.4 Å². The van der Waals surface area contributed by atoms with Crippen molar-refractivity contribution in [3.63, 3.8) is 0 Å². The van der Waals surface area contributed by atoms with Crippen LogP contribution in [-0.2, 0) is 20.9 Å². The van der Waals surface area contributed by atoms with Crippen LogP contribution >= 0.6 is 0 Å². The van der Waals surface area contributed by atoms with E-state index in [1.165, 1.54) is 4.90 Å². The molecule has 1 saturated carbocycles. The van der Waals surface area contributed by atoms with Crippen LogP contribution in [0.1, 0.15) is 37.7 Å². The van der Waals surface area contributed by atoms with Crippen molar-refractivity contribution >= 4 is 29.1 Å². The molecule has 0 radical (unpaired) electrons. The Balaban J connectivity index is 1.33. The lowest BCUT2D eigenvalue weighted by Gasteiger charge is -2.17. The third-order valence-electron chi connectivity index (χ3n) is 6.04. The van der Waals surface area contributed by atoms with E-state index in [1.54, 1.807) is 0 Å². The molecule has 6 nitrogen and oxygen atoms in total. The minimum absolute atomic E-state index is 0.0263. The fourth-order valence-electron chi connectivity index (χ4n) is 4.35. The molecule has 0 bridgehead atoms. The molecular weight excluding hydrogens is 416 g/mol. The number of halogens is 2. The fraction of sp³-hybridized carbons (Fsp3) is 0.375. The van der Waals surface area contributed by atoms with E-state index in [0.717, 1.165) is 49.4 Å². The molecule has 2 fully saturated rings. The summed E-state index contributed by atoms with van der Waals surface area (Å²) in [7, 11) is 0. The Hall–Kier alpha value is -3.29. The molecule has 0 spiro atoms. The predicted octanol–water partition coefficient (Wildman–Crippen LogP) is 3.76. The van der Waals surface area contributed by atoms with Crippen molar-refractivity contribution in [2.24, 2.45) is 11.8 Å². The van der Waals surface area contributed by atoms with E-state index in [2.05, 4.69) is 10.6 Å². The Morgan fingerprint density at radius 2 is 1.69 bits per heavy atom. The second kappa shape index (κ2) is 9.46. The Morgan fingerprint density at radius 1 is 0.969 bits per heavy atom. The van der Waals surface area contributed by atoms with Gasteiger partial charge in [-0.05, 0) is 42.7 Å². The highest BCUT2D eigenvalue weighted by atomic mass is 19.1. The monoisotopic (exact) mass is 441 g/mol. The number of carbonyl (C=O) groups is 3. The topological polar surface area (TPSA) is 78.5 Å². The van der Waals surface area contributed by atoms with Gasteiger partial charge in [0.2, 0.25) is 17.7 Å². The maximum absolute atomic E-state index is 13.5. The van der Waals surface area contributed by atoms with E-state index in [-0.39, 0.29) is 48.8 Å². The second-order valence-electron chi connectivity index (χ2n) is 8.42. The molecular formula is C24H25F2N3O3. The molecule has 0 aromatic heterocycles. The minimum atomic E-state index is -0.777. The molecule has 2 aliphatic rings. The van der Waals surface area contributed by atoms with E-state index >= 15 is 0 Å². The maximum Gasteiger partial charge on any atom is 0.227 e. The van der Waals surface area contributed by atoms with Crippen LogP contribution in [0, 0.1) is 23.5 Å². The van der Waals surface area contributed by atoms with E-state index in [1.807, 2.05) is 24.3 Å². The highest BCUT2D eigenvalue weighted by Crippen LogP contribution is 2.27. The molecule has 1 heterocycles. The van der Waals surface area contributed by atoms with Crippen LogP contribution in [0.2, 0.25) is 0 Å². The quantitative estimate of drug-likeness (QED) is 0.717. The highest BCUT2D eigenvalue weighted by Gasteiger charge is 2.35. The molecule has 32 heavy (non-hydrogen) atoms. The second-order valence-corrected chi connectivity index (χ2v) is 8.42. The lowest BCUT2D eigenvalue weighted by atomic mass is 10.1. The largest absolute Gasteiger partial charge is 0.352 e. The third-order valence-corrected chi connectivity index (χ3v) is 6.04. The van der Waals surface area contributed by atoms with Crippen molar-refractivity contribution in [1.29, 1.82) is 0 Å². The first-order valence-corrected chi connectivity index (χ1v) is 10.8. The molecule has 2 aromatic carbocycles. The fourth-order valence-corrected chi connectivity index (χ4v) is 4.35. The number of nitrogens with zero attached hydrogens (tertiary/aromatic N) is 1. The van der Waals surface area contributed by atoms with Crippen molar-refractivity contribution in [3.05, 3.63) is 59.7 Å². The summed E-state index contributed by atoms with van der Waals surface area (Å²) in [6, 6.07) is 10.2. The lowest BCUT2D eigenvalue weighted by Crippen LogP contribution is -2.32. The van der Waals surface area contributed by atoms with Gasteiger partial charge >= 0.3 is 0 Å². The van der Waals surface area contributed by atoms with E-state index in [0.29, 0.717) is 5.69 Å². The van der Waals surface area contributed by atoms with Gasteiger partial charge in [-0.2, -0.15) is 0 Å². The van der Waals surface area contributed by atoms with Crippen LogP contribution in [0.5, 0.6) is 0 Å². The number of amides is 3. The molecule has 2 N–H and O–H groups in total. The summed E-state index contributed by atoms with van der Waals surface area (Å²) in [4.78, 5) is 38.5. The molecule has 2 aromatic rings. The molecule has 1 aliphatic heterocycles. The maximum atomic E-state index is 13.5. The van der Waals surface area contributed by atoms with Gasteiger partial charge in [0.05, 0.1) is 5.92 Å². The Morgan fingerprint density at radius 3 is 2.41 bits per heavy atom. The summed E-state index contributed by atoms with van der Waals surface area (Å²) < 4.78 is 27.0. The Kier molecular flexibility index (Phi) is 6.48. The third kappa shape index (κ3) is 5.12. The smallest absolute Gasteiger partial charge is 0.227 e. The van der Waals surface area contributed by atoms with Crippen molar-refractivity contribution in [1.82, 2.24) is 5.32 Å². The standard InChI is InChI=1S/C24H25F2N3O3/c25-18-10-19(26)12-21(11-18)29-14-17(9-22(29)30)23(31)27-13-15-4-3-7-20(8-15)28-24(32)16-5-1-2-6-16/h3-4,7-8,10-12,16-17H,1-2,5-6,9,13-14H2,(H,27,31)(H,28,32). The minimum Gasteiger partial charge on any atom is -0.352 e. The van der Waals surface area contributed by atoms with Gasteiger partial charge in [0, 0.05) is 42.9 Å². The molecule has 1 aliphatic carbocycles. The number of anilines is 2. The van der Waals surface area contributed by atoms with Crippen LogP contribution in [0.25, 0.3) is 0 Å². The SMILES string of the molecule is O=C(NCc1cccc(NC(=O)C2CCCC2)c1)C1CC(=O)N(c2cc(F)cc(F)c2)C1. The summed E-state index contributed by atoms with van der Waals surface area (Å²) in [6.45, 7) is 0.302. The number of nitrogens with one attached hydrogen (secondary N) is 2. The first-order chi connectivity index (χ1) is 15.4. The zero-order chi connectivity index (χ0) is 22.7. The predicted molar refractivity (Wildman–Crippen MR) is 116 cm³/mol. The van der Waals surface area contributed by atoms with Crippen molar-refractivity contribution < 1.29 is 23.2 Å². The molecule has 1 unspecified atom stereocenters. The molecule has 1 saturated heterocycles. The average Bonchev–Trinajstić information content (AvgIpc) is 3.42. The number of hydrogen-bond acceptors (Lipinski definition) is 3. The van der Waals surface area contributed by atoms with Gasteiger partial charge in [-0.25, -0.2) is 8.78 Å². The number of carbonyl (C=O) groups excluding carboxylic acids is 3. The lowest BCUT2D eigenvalue weighted by molar-refractivity contribution is -0.126. The molecule has 8 heteroatoms. The van der Waals surface area contributed by atoms with Gasteiger partial charge in [0.15, 0.2) is 0 Å². The van der Waals surface area contributed by atoms with Gasteiger partial charge in [-0.15, -0.1) is 0 Å². The molecule has 4 rings (SSSR count).